The largest absolute Gasteiger partial charge is 0.468 e. The number of carbonyl (C=O) groups is 1. The third-order valence-corrected chi connectivity index (χ3v) is 5.72. The fourth-order valence-corrected chi connectivity index (χ4v) is 4.48. The SMILES string of the molecule is COC(=O)C1(N)CCCC(N2CCC(N3CCCC3)C2)C1. The average molecular weight is 295 g/mol. The number of carbonyl (C=O) groups excluding carboxylic acids is 1. The van der Waals surface area contributed by atoms with Crippen molar-refractivity contribution in [3.63, 3.8) is 0 Å². The number of likely N-dealkylation sites (tertiary alicyclic amines) is 2. The van der Waals surface area contributed by atoms with Crippen molar-refractivity contribution >= 4 is 5.97 Å². The van der Waals surface area contributed by atoms with E-state index in [2.05, 4.69) is 9.80 Å². The molecule has 0 aromatic rings. The zero-order valence-electron chi connectivity index (χ0n) is 13.2. The van der Waals surface area contributed by atoms with E-state index < -0.39 is 5.54 Å². The Hall–Kier alpha value is -0.650. The van der Waals surface area contributed by atoms with Crippen molar-refractivity contribution in [1.29, 1.82) is 0 Å². The number of methoxy groups -OCH3 is 1. The van der Waals surface area contributed by atoms with Crippen LogP contribution in [0.1, 0.15) is 44.9 Å². The summed E-state index contributed by atoms with van der Waals surface area (Å²) in [4.78, 5) is 17.2. The third-order valence-electron chi connectivity index (χ3n) is 5.72. The molecule has 0 aromatic carbocycles. The lowest BCUT2D eigenvalue weighted by Gasteiger charge is -2.40. The molecule has 0 bridgehead atoms. The normalized spacial score (nSPS) is 38.8. The maximum absolute atomic E-state index is 11.9. The van der Waals surface area contributed by atoms with Crippen LogP contribution in [0.3, 0.4) is 0 Å². The second kappa shape index (κ2) is 6.23. The maximum Gasteiger partial charge on any atom is 0.325 e. The topological polar surface area (TPSA) is 58.8 Å². The minimum absolute atomic E-state index is 0.234. The monoisotopic (exact) mass is 295 g/mol. The van der Waals surface area contributed by atoms with Gasteiger partial charge in [0.15, 0.2) is 0 Å². The Labute approximate surface area is 127 Å². The number of nitrogens with two attached hydrogens (primary N) is 1. The molecule has 3 fully saturated rings. The van der Waals surface area contributed by atoms with Crippen LogP contribution in [0.15, 0.2) is 0 Å². The smallest absolute Gasteiger partial charge is 0.325 e. The van der Waals surface area contributed by atoms with Crippen molar-refractivity contribution < 1.29 is 9.53 Å². The summed E-state index contributed by atoms with van der Waals surface area (Å²) in [7, 11) is 1.44. The standard InChI is InChI=1S/C16H29N3O2/c1-21-15(20)16(17)7-4-5-13(11-16)19-10-6-14(12-19)18-8-2-3-9-18/h13-14H,2-12,17H2,1H3. The molecule has 21 heavy (non-hydrogen) atoms. The Kier molecular flexibility index (Phi) is 4.52. The molecule has 3 unspecified atom stereocenters. The quantitative estimate of drug-likeness (QED) is 0.786. The summed E-state index contributed by atoms with van der Waals surface area (Å²) in [5, 5.41) is 0. The molecule has 2 aliphatic heterocycles. The Morgan fingerprint density at radius 3 is 2.57 bits per heavy atom. The second-order valence-corrected chi connectivity index (χ2v) is 7.08. The van der Waals surface area contributed by atoms with E-state index in [0.29, 0.717) is 6.04 Å². The van der Waals surface area contributed by atoms with Gasteiger partial charge < -0.3 is 10.5 Å². The van der Waals surface area contributed by atoms with Gasteiger partial charge in [-0.25, -0.2) is 0 Å². The van der Waals surface area contributed by atoms with E-state index in [4.69, 9.17) is 10.5 Å². The van der Waals surface area contributed by atoms with Gasteiger partial charge in [0, 0.05) is 25.2 Å². The summed E-state index contributed by atoms with van der Waals surface area (Å²) in [6, 6.07) is 1.18. The highest BCUT2D eigenvalue weighted by molar-refractivity contribution is 5.80. The fraction of sp³-hybridized carbons (Fsp3) is 0.938. The summed E-state index contributed by atoms with van der Waals surface area (Å²) < 4.78 is 4.92. The van der Waals surface area contributed by atoms with Gasteiger partial charge in [0.1, 0.15) is 5.54 Å². The van der Waals surface area contributed by atoms with Crippen molar-refractivity contribution in [2.45, 2.75) is 62.6 Å². The van der Waals surface area contributed by atoms with E-state index >= 15 is 0 Å². The first kappa shape index (κ1) is 15.3. The Morgan fingerprint density at radius 1 is 1.10 bits per heavy atom. The van der Waals surface area contributed by atoms with Gasteiger partial charge >= 0.3 is 5.97 Å². The van der Waals surface area contributed by atoms with Gasteiger partial charge in [0.05, 0.1) is 7.11 Å². The summed E-state index contributed by atoms with van der Waals surface area (Å²) in [5.74, 6) is -0.234. The fourth-order valence-electron chi connectivity index (χ4n) is 4.48. The van der Waals surface area contributed by atoms with Crippen LogP contribution in [-0.2, 0) is 9.53 Å². The van der Waals surface area contributed by atoms with Gasteiger partial charge in [-0.1, -0.05) is 0 Å². The molecular formula is C16H29N3O2. The lowest BCUT2D eigenvalue weighted by molar-refractivity contribution is -0.149. The molecule has 2 N–H and O–H groups in total. The van der Waals surface area contributed by atoms with Gasteiger partial charge in [0.2, 0.25) is 0 Å². The first-order chi connectivity index (χ1) is 10.1. The Balaban J connectivity index is 1.58. The first-order valence-corrected chi connectivity index (χ1v) is 8.48. The lowest BCUT2D eigenvalue weighted by Crippen LogP contribution is -2.56. The molecule has 1 saturated carbocycles. The van der Waals surface area contributed by atoms with Crippen LogP contribution in [0.5, 0.6) is 0 Å². The van der Waals surface area contributed by atoms with Crippen LogP contribution < -0.4 is 5.73 Å². The Bertz CT molecular complexity index is 384. The number of rotatable bonds is 3. The Morgan fingerprint density at radius 2 is 1.86 bits per heavy atom. The summed E-state index contributed by atoms with van der Waals surface area (Å²) >= 11 is 0. The molecule has 120 valence electrons. The molecule has 0 aromatic heterocycles. The molecule has 5 nitrogen and oxygen atoms in total. The van der Waals surface area contributed by atoms with E-state index in [1.165, 1.54) is 45.9 Å². The molecule has 0 amide bonds. The molecule has 1 aliphatic carbocycles. The molecule has 3 aliphatic rings. The van der Waals surface area contributed by atoms with E-state index in [9.17, 15) is 4.79 Å². The number of ether oxygens (including phenoxy) is 1. The van der Waals surface area contributed by atoms with Gasteiger partial charge in [0.25, 0.3) is 0 Å². The molecule has 3 rings (SSSR count). The number of hydrogen-bond donors (Lipinski definition) is 1. The highest BCUT2D eigenvalue weighted by atomic mass is 16.5. The predicted molar refractivity (Wildman–Crippen MR) is 82.0 cm³/mol. The zero-order valence-corrected chi connectivity index (χ0v) is 13.2. The van der Waals surface area contributed by atoms with Crippen molar-refractivity contribution in [2.24, 2.45) is 5.73 Å². The highest BCUT2D eigenvalue weighted by Gasteiger charge is 2.43. The third kappa shape index (κ3) is 3.10. The average Bonchev–Trinajstić information content (AvgIpc) is 3.17. The maximum atomic E-state index is 11.9. The van der Waals surface area contributed by atoms with Crippen LogP contribution in [-0.4, -0.2) is 66.7 Å². The predicted octanol–water partition coefficient (Wildman–Crippen LogP) is 0.970. The lowest BCUT2D eigenvalue weighted by atomic mass is 9.79. The van der Waals surface area contributed by atoms with E-state index in [1.807, 2.05) is 0 Å². The number of hydrogen-bond acceptors (Lipinski definition) is 5. The molecular weight excluding hydrogens is 266 g/mol. The first-order valence-electron chi connectivity index (χ1n) is 8.48. The van der Waals surface area contributed by atoms with Crippen LogP contribution in [0.4, 0.5) is 0 Å². The molecule has 0 spiro atoms. The van der Waals surface area contributed by atoms with Gasteiger partial charge in [-0.2, -0.15) is 0 Å². The molecule has 0 radical (unpaired) electrons. The number of esters is 1. The molecule has 2 saturated heterocycles. The van der Waals surface area contributed by atoms with Crippen LogP contribution in [0, 0.1) is 0 Å². The molecule has 3 atom stereocenters. The second-order valence-electron chi connectivity index (χ2n) is 7.08. The van der Waals surface area contributed by atoms with Gasteiger partial charge in [-0.3, -0.25) is 14.6 Å². The van der Waals surface area contributed by atoms with Crippen LogP contribution >= 0.6 is 0 Å². The van der Waals surface area contributed by atoms with Gasteiger partial charge in [-0.05, 0) is 58.0 Å². The highest BCUT2D eigenvalue weighted by Crippen LogP contribution is 2.33. The van der Waals surface area contributed by atoms with Gasteiger partial charge in [-0.15, -0.1) is 0 Å². The van der Waals surface area contributed by atoms with Crippen molar-refractivity contribution in [3.05, 3.63) is 0 Å². The van der Waals surface area contributed by atoms with E-state index in [-0.39, 0.29) is 5.97 Å². The van der Waals surface area contributed by atoms with Crippen LogP contribution in [0.2, 0.25) is 0 Å². The van der Waals surface area contributed by atoms with Crippen molar-refractivity contribution in [1.82, 2.24) is 9.80 Å². The summed E-state index contributed by atoms with van der Waals surface area (Å²) in [6.07, 6.45) is 7.70. The summed E-state index contributed by atoms with van der Waals surface area (Å²) in [6.45, 7) is 4.85. The summed E-state index contributed by atoms with van der Waals surface area (Å²) in [5.41, 5.74) is 5.56. The number of nitrogens with zero attached hydrogens (tertiary/aromatic N) is 2. The minimum atomic E-state index is -0.761. The molecule has 5 heteroatoms. The van der Waals surface area contributed by atoms with Crippen molar-refractivity contribution in [3.8, 4) is 0 Å². The zero-order chi connectivity index (χ0) is 14.9. The minimum Gasteiger partial charge on any atom is -0.468 e. The van der Waals surface area contributed by atoms with Crippen LogP contribution in [0.25, 0.3) is 0 Å². The van der Waals surface area contributed by atoms with E-state index in [0.717, 1.165) is 38.4 Å². The molecule has 2 heterocycles. The van der Waals surface area contributed by atoms with E-state index in [1.54, 1.807) is 0 Å². The van der Waals surface area contributed by atoms with Crippen molar-refractivity contribution in [2.75, 3.05) is 33.3 Å².